The van der Waals surface area contributed by atoms with Crippen LogP contribution >= 0.6 is 0 Å². The predicted molar refractivity (Wildman–Crippen MR) is 193 cm³/mol. The normalized spacial score (nSPS) is 26.1. The summed E-state index contributed by atoms with van der Waals surface area (Å²) in [5.41, 5.74) is 0.0716. The first-order valence-electron chi connectivity index (χ1n) is 20.4. The van der Waals surface area contributed by atoms with Crippen LogP contribution in [0.5, 0.6) is 0 Å². The molecule has 0 aromatic rings. The Kier molecular flexibility index (Phi) is 17.8. The Hall–Kier alpha value is -2.09. The maximum absolute atomic E-state index is 13.2. The largest absolute Gasteiger partial charge is 0.508 e. The second-order valence-corrected chi connectivity index (χ2v) is 16.0. The molecule has 6 atom stereocenters. The summed E-state index contributed by atoms with van der Waals surface area (Å²) in [6, 6.07) is 0. The maximum atomic E-state index is 13.2. The first kappa shape index (κ1) is 39.7. The Labute approximate surface area is 297 Å². The number of likely N-dealkylation sites (tertiary alicyclic amines) is 1. The van der Waals surface area contributed by atoms with Crippen molar-refractivity contribution < 1.29 is 33.3 Å². The second-order valence-electron chi connectivity index (χ2n) is 16.0. The molecule has 3 saturated carbocycles. The third kappa shape index (κ3) is 13.5. The number of esters is 2. The van der Waals surface area contributed by atoms with Gasteiger partial charge in [-0.3, -0.25) is 9.59 Å². The van der Waals surface area contributed by atoms with E-state index in [1.54, 1.807) is 0 Å². The van der Waals surface area contributed by atoms with Gasteiger partial charge in [0.05, 0.1) is 18.9 Å². The van der Waals surface area contributed by atoms with E-state index in [9.17, 15) is 14.4 Å². The first-order chi connectivity index (χ1) is 23.9. The fourth-order valence-electron chi connectivity index (χ4n) is 9.57. The summed E-state index contributed by atoms with van der Waals surface area (Å²) >= 11 is 0. The van der Waals surface area contributed by atoms with E-state index in [1.165, 1.54) is 83.5 Å². The van der Waals surface area contributed by atoms with Crippen molar-refractivity contribution in [2.75, 3.05) is 46.1 Å². The van der Waals surface area contributed by atoms with E-state index in [0.717, 1.165) is 76.4 Å². The zero-order chi connectivity index (χ0) is 34.7. The van der Waals surface area contributed by atoms with Crippen LogP contribution in [0.4, 0.5) is 4.79 Å². The first-order valence-corrected chi connectivity index (χ1v) is 20.4. The summed E-state index contributed by atoms with van der Waals surface area (Å²) in [5, 5.41) is 0. The Balaban J connectivity index is 1.13. The smallest absolute Gasteiger partial charge is 0.465 e. The van der Waals surface area contributed by atoms with Crippen LogP contribution in [0.3, 0.4) is 0 Å². The van der Waals surface area contributed by atoms with Crippen LogP contribution in [0.2, 0.25) is 0 Å². The Morgan fingerprint density at radius 3 is 2.04 bits per heavy atom. The van der Waals surface area contributed by atoms with Crippen molar-refractivity contribution >= 4 is 18.1 Å². The van der Waals surface area contributed by atoms with Gasteiger partial charge in [0.25, 0.3) is 0 Å². The molecule has 4 fully saturated rings. The lowest BCUT2D eigenvalue weighted by Gasteiger charge is -2.70. The summed E-state index contributed by atoms with van der Waals surface area (Å²) < 4.78 is 22.1. The molecule has 280 valence electrons. The topological polar surface area (TPSA) is 91.4 Å². The number of allylic oxidation sites excluding steroid dienone is 1. The molecule has 49 heavy (non-hydrogen) atoms. The molecular weight excluding hydrogens is 618 g/mol. The van der Waals surface area contributed by atoms with Crippen molar-refractivity contribution in [3.63, 3.8) is 0 Å². The Morgan fingerprint density at radius 2 is 1.39 bits per heavy atom. The van der Waals surface area contributed by atoms with Gasteiger partial charge in [0, 0.05) is 13.0 Å². The van der Waals surface area contributed by atoms with Crippen molar-refractivity contribution in [2.45, 2.75) is 148 Å². The molecule has 4 rings (SSSR count). The Bertz CT molecular complexity index is 996. The summed E-state index contributed by atoms with van der Waals surface area (Å²) in [6.45, 7) is 9.73. The molecule has 0 spiro atoms. The summed E-state index contributed by atoms with van der Waals surface area (Å²) in [5.74, 6) is 1.93. The van der Waals surface area contributed by atoms with Crippen molar-refractivity contribution in [2.24, 2.45) is 35.0 Å². The number of nitrogens with zero attached hydrogens (tertiary/aromatic N) is 1. The van der Waals surface area contributed by atoms with E-state index in [0.29, 0.717) is 31.3 Å². The second kappa shape index (κ2) is 22.0. The van der Waals surface area contributed by atoms with Gasteiger partial charge in [-0.1, -0.05) is 83.6 Å². The van der Waals surface area contributed by atoms with Gasteiger partial charge in [-0.05, 0) is 100.0 Å². The van der Waals surface area contributed by atoms with Crippen LogP contribution < -0.4 is 0 Å². The number of unbranched alkanes of at least 4 members (excludes halogenated alkanes) is 11. The lowest BCUT2D eigenvalue weighted by Crippen LogP contribution is -2.63. The third-order valence-electron chi connectivity index (χ3n) is 12.0. The van der Waals surface area contributed by atoms with Crippen LogP contribution in [0.15, 0.2) is 12.7 Å². The van der Waals surface area contributed by atoms with Gasteiger partial charge in [-0.15, -0.1) is 6.58 Å². The van der Waals surface area contributed by atoms with E-state index in [2.05, 4.69) is 18.4 Å². The van der Waals surface area contributed by atoms with Crippen molar-refractivity contribution in [1.29, 1.82) is 0 Å². The molecule has 4 unspecified atom stereocenters. The van der Waals surface area contributed by atoms with E-state index >= 15 is 0 Å². The molecule has 0 aromatic carbocycles. The number of ether oxygens (including phenoxy) is 4. The number of carbonyl (C=O) groups is 3. The molecule has 0 aromatic heterocycles. The third-order valence-corrected chi connectivity index (χ3v) is 12.0. The summed E-state index contributed by atoms with van der Waals surface area (Å²) in [4.78, 5) is 40.5. The van der Waals surface area contributed by atoms with Crippen LogP contribution in [0, 0.1) is 35.0 Å². The van der Waals surface area contributed by atoms with E-state index in [-0.39, 0.29) is 37.2 Å². The quantitative estimate of drug-likeness (QED) is 0.0365. The molecule has 8 heteroatoms. The van der Waals surface area contributed by atoms with Gasteiger partial charge in [-0.25, -0.2) is 4.79 Å². The van der Waals surface area contributed by atoms with Gasteiger partial charge in [-0.2, -0.15) is 0 Å². The SMILES string of the molecule is C=CC[C@@H]1CC2C[C@H]3CC(CC(=O)OCC(COC(=O)CCCCCCCCCCCCCC)COC(=O)OCCCN4CCCC4)(C1)C23. The molecule has 0 amide bonds. The predicted octanol–water partition coefficient (Wildman–Crippen LogP) is 9.44. The lowest BCUT2D eigenvalue weighted by molar-refractivity contribution is -0.217. The number of hydrogen-bond acceptors (Lipinski definition) is 8. The highest BCUT2D eigenvalue weighted by Gasteiger charge is 2.65. The van der Waals surface area contributed by atoms with Crippen molar-refractivity contribution in [3.05, 3.63) is 12.7 Å². The zero-order valence-electron chi connectivity index (χ0n) is 31.0. The minimum atomic E-state index is -0.730. The standard InChI is InChI=1S/C41H69NO7/c1-3-5-6-7-8-9-10-11-12-13-14-15-20-37(43)47-30-34(32-49-40(45)46-24-18-23-42-21-16-17-22-42)31-48-38(44)29-41-27-33(19-4-2)25-35-26-36(28-41)39(35)41/h4,33-36,39H,2-3,5-32H2,1H3/t33-,34?,35?,36+,39?,41?/m1/s1. The molecule has 0 radical (unpaired) electrons. The molecule has 8 nitrogen and oxygen atoms in total. The highest BCUT2D eigenvalue weighted by atomic mass is 16.7. The zero-order valence-corrected chi connectivity index (χ0v) is 31.0. The van der Waals surface area contributed by atoms with Gasteiger partial charge in [0.15, 0.2) is 0 Å². The Morgan fingerprint density at radius 1 is 0.755 bits per heavy atom. The molecule has 3 aliphatic carbocycles. The van der Waals surface area contributed by atoms with Gasteiger partial charge >= 0.3 is 18.1 Å². The molecule has 0 N–H and O–H groups in total. The van der Waals surface area contributed by atoms with Gasteiger partial charge in [0.2, 0.25) is 0 Å². The monoisotopic (exact) mass is 688 g/mol. The fourth-order valence-corrected chi connectivity index (χ4v) is 9.57. The van der Waals surface area contributed by atoms with Crippen LogP contribution in [0.25, 0.3) is 0 Å². The fraction of sp³-hybridized carbons (Fsp3) is 0.878. The molecule has 1 saturated heterocycles. The number of rotatable bonds is 27. The van der Waals surface area contributed by atoms with Crippen molar-refractivity contribution in [1.82, 2.24) is 4.90 Å². The maximum Gasteiger partial charge on any atom is 0.508 e. The summed E-state index contributed by atoms with van der Waals surface area (Å²) in [6.07, 6.45) is 26.0. The average Bonchev–Trinajstić information content (AvgIpc) is 3.58. The minimum Gasteiger partial charge on any atom is -0.465 e. The molecular formula is C41H69NO7. The number of hydrogen-bond donors (Lipinski definition) is 0. The van der Waals surface area contributed by atoms with Crippen LogP contribution in [-0.2, 0) is 28.5 Å². The molecule has 1 aliphatic heterocycles. The molecule has 1 heterocycles. The minimum absolute atomic E-state index is 0.0244. The highest BCUT2D eigenvalue weighted by molar-refractivity contribution is 5.71. The number of carbonyl (C=O) groups excluding carboxylic acids is 3. The van der Waals surface area contributed by atoms with E-state index < -0.39 is 12.1 Å². The van der Waals surface area contributed by atoms with Gasteiger partial charge < -0.3 is 23.8 Å². The van der Waals surface area contributed by atoms with E-state index in [1.807, 2.05) is 6.08 Å². The van der Waals surface area contributed by atoms with E-state index in [4.69, 9.17) is 18.9 Å². The average molecular weight is 688 g/mol. The van der Waals surface area contributed by atoms with Gasteiger partial charge in [0.1, 0.15) is 19.8 Å². The lowest BCUT2D eigenvalue weighted by atomic mass is 9.34. The highest BCUT2D eigenvalue weighted by Crippen LogP contribution is 2.72. The van der Waals surface area contributed by atoms with Crippen molar-refractivity contribution in [3.8, 4) is 0 Å². The molecule has 4 aliphatic rings. The summed E-state index contributed by atoms with van der Waals surface area (Å²) in [7, 11) is 0. The van der Waals surface area contributed by atoms with Crippen LogP contribution in [-0.4, -0.2) is 69.1 Å². The molecule has 0 bridgehead atoms. The van der Waals surface area contributed by atoms with Crippen LogP contribution in [0.1, 0.15) is 148 Å².